The predicted octanol–water partition coefficient (Wildman–Crippen LogP) is 1.68. The third kappa shape index (κ3) is 2.41. The van der Waals surface area contributed by atoms with Crippen LogP contribution in [0.3, 0.4) is 0 Å². The van der Waals surface area contributed by atoms with Crippen molar-refractivity contribution in [3.63, 3.8) is 0 Å². The molecule has 0 bridgehead atoms. The van der Waals surface area contributed by atoms with E-state index in [0.29, 0.717) is 5.92 Å². The van der Waals surface area contributed by atoms with Crippen molar-refractivity contribution in [1.82, 2.24) is 9.80 Å². The Balaban J connectivity index is 2.04. The van der Waals surface area contributed by atoms with Gasteiger partial charge in [-0.05, 0) is 32.6 Å². The SMILES string of the molecule is CCN(C)C(=O)N1CCCC1C1CCCC1O. The van der Waals surface area contributed by atoms with Gasteiger partial charge in [-0.15, -0.1) is 0 Å². The van der Waals surface area contributed by atoms with Crippen molar-refractivity contribution < 1.29 is 9.90 Å². The van der Waals surface area contributed by atoms with E-state index in [4.69, 9.17) is 0 Å². The van der Waals surface area contributed by atoms with Crippen LogP contribution < -0.4 is 0 Å². The molecule has 1 heterocycles. The first-order valence-corrected chi connectivity index (χ1v) is 6.85. The highest BCUT2D eigenvalue weighted by molar-refractivity contribution is 5.74. The van der Waals surface area contributed by atoms with Crippen molar-refractivity contribution in [3.05, 3.63) is 0 Å². The summed E-state index contributed by atoms with van der Waals surface area (Å²) in [6.45, 7) is 3.60. The zero-order valence-electron chi connectivity index (χ0n) is 10.9. The number of carbonyl (C=O) groups is 1. The molecule has 0 radical (unpaired) electrons. The Morgan fingerprint density at radius 2 is 2.12 bits per heavy atom. The van der Waals surface area contributed by atoms with Gasteiger partial charge < -0.3 is 14.9 Å². The maximum atomic E-state index is 12.2. The molecular formula is C13H24N2O2. The zero-order valence-corrected chi connectivity index (χ0v) is 10.9. The topological polar surface area (TPSA) is 43.8 Å². The lowest BCUT2D eigenvalue weighted by Crippen LogP contribution is -2.47. The Morgan fingerprint density at radius 3 is 2.71 bits per heavy atom. The van der Waals surface area contributed by atoms with Crippen LogP contribution in [0.25, 0.3) is 0 Å². The van der Waals surface area contributed by atoms with Crippen LogP contribution in [0.15, 0.2) is 0 Å². The van der Waals surface area contributed by atoms with Crippen molar-refractivity contribution in [1.29, 1.82) is 0 Å². The fourth-order valence-electron chi connectivity index (χ4n) is 3.25. The van der Waals surface area contributed by atoms with E-state index in [1.165, 1.54) is 0 Å². The molecule has 0 aromatic heterocycles. The number of aliphatic hydroxyl groups excluding tert-OH is 1. The van der Waals surface area contributed by atoms with Gasteiger partial charge in [-0.2, -0.15) is 0 Å². The highest BCUT2D eigenvalue weighted by Gasteiger charge is 2.40. The Labute approximate surface area is 104 Å². The van der Waals surface area contributed by atoms with Gasteiger partial charge in [0.1, 0.15) is 0 Å². The lowest BCUT2D eigenvalue weighted by atomic mass is 9.94. The standard InChI is InChI=1S/C13H24N2O2/c1-3-14(2)13(17)15-9-5-7-11(15)10-6-4-8-12(10)16/h10-12,16H,3-9H2,1-2H3. The monoisotopic (exact) mass is 240 g/mol. The molecule has 0 spiro atoms. The summed E-state index contributed by atoms with van der Waals surface area (Å²) in [6, 6.07) is 0.406. The predicted molar refractivity (Wildman–Crippen MR) is 66.8 cm³/mol. The molecule has 1 aliphatic heterocycles. The molecule has 1 saturated heterocycles. The Morgan fingerprint density at radius 1 is 1.35 bits per heavy atom. The molecular weight excluding hydrogens is 216 g/mol. The molecule has 17 heavy (non-hydrogen) atoms. The molecule has 98 valence electrons. The largest absolute Gasteiger partial charge is 0.393 e. The third-order valence-electron chi connectivity index (χ3n) is 4.37. The molecule has 3 unspecified atom stereocenters. The van der Waals surface area contributed by atoms with E-state index < -0.39 is 0 Å². The van der Waals surface area contributed by atoms with Crippen LogP contribution in [0.1, 0.15) is 39.0 Å². The zero-order chi connectivity index (χ0) is 12.4. The van der Waals surface area contributed by atoms with Crippen molar-refractivity contribution in [2.45, 2.75) is 51.2 Å². The van der Waals surface area contributed by atoms with Gasteiger partial charge >= 0.3 is 6.03 Å². The number of amides is 2. The number of aliphatic hydroxyl groups is 1. The molecule has 3 atom stereocenters. The molecule has 2 amide bonds. The Hall–Kier alpha value is -0.770. The molecule has 2 fully saturated rings. The number of rotatable bonds is 2. The quantitative estimate of drug-likeness (QED) is 0.798. The number of hydrogen-bond donors (Lipinski definition) is 1. The summed E-state index contributed by atoms with van der Waals surface area (Å²) >= 11 is 0. The maximum absolute atomic E-state index is 12.2. The van der Waals surface area contributed by atoms with Crippen LogP contribution in [0, 0.1) is 5.92 Å². The Bertz CT molecular complexity index is 283. The molecule has 2 aliphatic rings. The second-order valence-corrected chi connectivity index (χ2v) is 5.36. The van der Waals surface area contributed by atoms with Crippen molar-refractivity contribution in [2.75, 3.05) is 20.1 Å². The van der Waals surface area contributed by atoms with Crippen LogP contribution in [0.5, 0.6) is 0 Å². The van der Waals surface area contributed by atoms with Crippen LogP contribution >= 0.6 is 0 Å². The van der Waals surface area contributed by atoms with Crippen molar-refractivity contribution >= 4 is 6.03 Å². The van der Waals surface area contributed by atoms with Crippen LogP contribution in [0.4, 0.5) is 4.79 Å². The summed E-state index contributed by atoms with van der Waals surface area (Å²) in [7, 11) is 1.85. The number of carbonyl (C=O) groups excluding carboxylic acids is 1. The third-order valence-corrected chi connectivity index (χ3v) is 4.37. The minimum Gasteiger partial charge on any atom is -0.393 e. The average molecular weight is 240 g/mol. The molecule has 1 N–H and O–H groups in total. The number of likely N-dealkylation sites (tertiary alicyclic amines) is 1. The lowest BCUT2D eigenvalue weighted by molar-refractivity contribution is 0.0773. The van der Waals surface area contributed by atoms with Gasteiger partial charge in [0, 0.05) is 32.1 Å². The summed E-state index contributed by atoms with van der Waals surface area (Å²) in [4.78, 5) is 16.0. The lowest BCUT2D eigenvalue weighted by Gasteiger charge is -2.33. The minimum atomic E-state index is -0.194. The molecule has 1 aliphatic carbocycles. The van der Waals surface area contributed by atoms with Crippen LogP contribution in [-0.2, 0) is 0 Å². The van der Waals surface area contributed by atoms with Crippen molar-refractivity contribution in [3.8, 4) is 0 Å². The van der Waals surface area contributed by atoms with Gasteiger partial charge in [-0.1, -0.05) is 6.42 Å². The molecule has 4 heteroatoms. The maximum Gasteiger partial charge on any atom is 0.319 e. The molecule has 4 nitrogen and oxygen atoms in total. The number of nitrogens with zero attached hydrogens (tertiary/aromatic N) is 2. The van der Waals surface area contributed by atoms with Crippen LogP contribution in [0.2, 0.25) is 0 Å². The van der Waals surface area contributed by atoms with Gasteiger partial charge in [0.05, 0.1) is 6.10 Å². The first-order valence-electron chi connectivity index (χ1n) is 6.85. The first-order chi connectivity index (χ1) is 8.15. The van der Waals surface area contributed by atoms with E-state index >= 15 is 0 Å². The van der Waals surface area contributed by atoms with Crippen LogP contribution in [-0.4, -0.2) is 53.2 Å². The Kier molecular flexibility index (Phi) is 3.92. The summed E-state index contributed by atoms with van der Waals surface area (Å²) in [5, 5.41) is 9.99. The summed E-state index contributed by atoms with van der Waals surface area (Å²) in [5.41, 5.74) is 0. The first kappa shape index (κ1) is 12.7. The van der Waals surface area contributed by atoms with Gasteiger partial charge in [0.15, 0.2) is 0 Å². The highest BCUT2D eigenvalue weighted by atomic mass is 16.3. The van der Waals surface area contributed by atoms with E-state index in [2.05, 4.69) is 0 Å². The fourth-order valence-corrected chi connectivity index (χ4v) is 3.25. The normalized spacial score (nSPS) is 33.1. The fraction of sp³-hybridized carbons (Fsp3) is 0.923. The molecule has 0 aromatic rings. The van der Waals surface area contributed by atoms with E-state index in [9.17, 15) is 9.90 Å². The van der Waals surface area contributed by atoms with Gasteiger partial charge in [0.25, 0.3) is 0 Å². The molecule has 1 saturated carbocycles. The van der Waals surface area contributed by atoms with E-state index in [1.54, 1.807) is 4.90 Å². The summed E-state index contributed by atoms with van der Waals surface area (Å²) < 4.78 is 0. The second-order valence-electron chi connectivity index (χ2n) is 5.36. The number of hydrogen-bond acceptors (Lipinski definition) is 2. The minimum absolute atomic E-state index is 0.133. The van der Waals surface area contributed by atoms with Gasteiger partial charge in [-0.3, -0.25) is 0 Å². The van der Waals surface area contributed by atoms with E-state index in [1.807, 2.05) is 18.9 Å². The van der Waals surface area contributed by atoms with Crippen molar-refractivity contribution in [2.24, 2.45) is 5.92 Å². The second kappa shape index (κ2) is 5.25. The number of urea groups is 1. The molecule has 2 rings (SSSR count). The van der Waals surface area contributed by atoms with Gasteiger partial charge in [-0.25, -0.2) is 4.79 Å². The molecule has 0 aromatic carbocycles. The van der Waals surface area contributed by atoms with E-state index in [-0.39, 0.29) is 18.2 Å². The smallest absolute Gasteiger partial charge is 0.319 e. The average Bonchev–Trinajstić information content (AvgIpc) is 2.94. The van der Waals surface area contributed by atoms with Gasteiger partial charge in [0.2, 0.25) is 0 Å². The highest BCUT2D eigenvalue weighted by Crippen LogP contribution is 2.36. The van der Waals surface area contributed by atoms with E-state index in [0.717, 1.165) is 45.2 Å². The summed E-state index contributed by atoms with van der Waals surface area (Å²) in [5.74, 6) is 0.312. The summed E-state index contributed by atoms with van der Waals surface area (Å²) in [6.07, 6.45) is 5.04.